The van der Waals surface area contributed by atoms with E-state index in [0.29, 0.717) is 11.8 Å². The molecule has 23 heavy (non-hydrogen) atoms. The van der Waals surface area contributed by atoms with Crippen molar-refractivity contribution >= 4 is 5.97 Å². The summed E-state index contributed by atoms with van der Waals surface area (Å²) in [6.07, 6.45) is 6.13. The standard InChI is InChI=1S/C20H30O3/c1-12-6-7-16-19(3,4)17(21)8-9-20(16,5)14(12)11-15-13(2)10-18(22)23-15/h10,14-17,21H,1,6-9,11H2,2-5H3/t14-,15+,16?,17-,20+/m0/s1. The SMILES string of the molecule is C=C1CCC2C(C)(C)[C@@H](O)CC[C@]2(C)[C@H]1C[C@H]1OC(=O)C=C1C. The van der Waals surface area contributed by atoms with Crippen molar-refractivity contribution in [2.75, 3.05) is 0 Å². The molecule has 1 unspecified atom stereocenters. The Labute approximate surface area is 139 Å². The third-order valence-corrected chi connectivity index (χ3v) is 7.11. The highest BCUT2D eigenvalue weighted by molar-refractivity contribution is 5.85. The number of carbonyl (C=O) groups is 1. The van der Waals surface area contributed by atoms with Gasteiger partial charge in [0.05, 0.1) is 6.10 Å². The second-order valence-corrected chi connectivity index (χ2v) is 8.73. The molecule has 0 aromatic carbocycles. The van der Waals surface area contributed by atoms with Crippen LogP contribution in [0.5, 0.6) is 0 Å². The number of aliphatic hydroxyl groups is 1. The molecule has 3 heteroatoms. The van der Waals surface area contributed by atoms with Crippen LogP contribution in [0.1, 0.15) is 59.8 Å². The van der Waals surface area contributed by atoms with Crippen LogP contribution in [-0.4, -0.2) is 23.3 Å². The molecule has 1 aliphatic heterocycles. The largest absolute Gasteiger partial charge is 0.455 e. The van der Waals surface area contributed by atoms with Crippen LogP contribution >= 0.6 is 0 Å². The Bertz CT molecular complexity index is 559. The second kappa shape index (κ2) is 5.47. The third-order valence-electron chi connectivity index (χ3n) is 7.11. The van der Waals surface area contributed by atoms with E-state index in [4.69, 9.17) is 4.74 Å². The number of aliphatic hydroxyl groups excluding tert-OH is 1. The minimum atomic E-state index is -0.224. The Balaban J connectivity index is 1.88. The van der Waals surface area contributed by atoms with Crippen molar-refractivity contribution in [3.8, 4) is 0 Å². The van der Waals surface area contributed by atoms with Crippen molar-refractivity contribution in [2.45, 2.75) is 72.0 Å². The number of carbonyl (C=O) groups excluding carboxylic acids is 1. The summed E-state index contributed by atoms with van der Waals surface area (Å²) >= 11 is 0. The van der Waals surface area contributed by atoms with Crippen molar-refractivity contribution in [1.29, 1.82) is 0 Å². The fraction of sp³-hybridized carbons (Fsp3) is 0.750. The first kappa shape index (κ1) is 16.8. The number of fused-ring (bicyclic) bond motifs is 1. The Kier molecular flexibility index (Phi) is 3.99. The van der Waals surface area contributed by atoms with Crippen LogP contribution < -0.4 is 0 Å². The van der Waals surface area contributed by atoms with E-state index in [0.717, 1.165) is 37.7 Å². The fourth-order valence-corrected chi connectivity index (χ4v) is 5.60. The zero-order valence-corrected chi connectivity index (χ0v) is 14.9. The molecule has 0 saturated heterocycles. The first-order valence-electron chi connectivity index (χ1n) is 8.91. The van der Waals surface area contributed by atoms with Crippen LogP contribution in [0.25, 0.3) is 0 Å². The topological polar surface area (TPSA) is 46.5 Å². The summed E-state index contributed by atoms with van der Waals surface area (Å²) in [5.41, 5.74) is 2.39. The van der Waals surface area contributed by atoms with Gasteiger partial charge >= 0.3 is 5.97 Å². The van der Waals surface area contributed by atoms with E-state index in [1.807, 2.05) is 6.92 Å². The van der Waals surface area contributed by atoms with Crippen molar-refractivity contribution in [2.24, 2.45) is 22.7 Å². The highest BCUT2D eigenvalue weighted by Crippen LogP contribution is 2.62. The quantitative estimate of drug-likeness (QED) is 0.618. The van der Waals surface area contributed by atoms with Gasteiger partial charge in [-0.05, 0) is 67.3 Å². The molecule has 1 heterocycles. The van der Waals surface area contributed by atoms with E-state index in [2.05, 4.69) is 27.4 Å². The molecule has 2 fully saturated rings. The summed E-state index contributed by atoms with van der Waals surface area (Å²) in [6, 6.07) is 0. The highest BCUT2D eigenvalue weighted by atomic mass is 16.5. The smallest absolute Gasteiger partial charge is 0.331 e. The van der Waals surface area contributed by atoms with Gasteiger partial charge in [-0.1, -0.05) is 32.9 Å². The van der Waals surface area contributed by atoms with Gasteiger partial charge in [-0.2, -0.15) is 0 Å². The lowest BCUT2D eigenvalue weighted by Crippen LogP contribution is -2.55. The average molecular weight is 318 g/mol. The minimum absolute atomic E-state index is 0.0663. The molecule has 0 spiro atoms. The average Bonchev–Trinajstić information content (AvgIpc) is 2.77. The first-order valence-corrected chi connectivity index (χ1v) is 8.91. The first-order chi connectivity index (χ1) is 10.7. The highest BCUT2D eigenvalue weighted by Gasteiger charge is 2.56. The molecule has 128 valence electrons. The molecule has 0 amide bonds. The molecule has 2 saturated carbocycles. The molecule has 5 atom stereocenters. The van der Waals surface area contributed by atoms with Crippen molar-refractivity contribution in [3.05, 3.63) is 23.8 Å². The predicted octanol–water partition coefficient (Wildman–Crippen LogP) is 4.02. The van der Waals surface area contributed by atoms with Crippen molar-refractivity contribution < 1.29 is 14.6 Å². The van der Waals surface area contributed by atoms with E-state index >= 15 is 0 Å². The van der Waals surface area contributed by atoms with Gasteiger partial charge in [-0.25, -0.2) is 4.79 Å². The maximum atomic E-state index is 11.5. The second-order valence-electron chi connectivity index (χ2n) is 8.73. The maximum absolute atomic E-state index is 11.5. The van der Waals surface area contributed by atoms with Gasteiger partial charge in [0.1, 0.15) is 6.10 Å². The summed E-state index contributed by atoms with van der Waals surface area (Å²) in [5.74, 6) is 0.623. The molecule has 3 nitrogen and oxygen atoms in total. The van der Waals surface area contributed by atoms with Gasteiger partial charge in [0.25, 0.3) is 0 Å². The lowest BCUT2D eigenvalue weighted by atomic mass is 9.46. The van der Waals surface area contributed by atoms with Gasteiger partial charge in [-0.3, -0.25) is 0 Å². The predicted molar refractivity (Wildman–Crippen MR) is 90.7 cm³/mol. The van der Waals surface area contributed by atoms with Crippen LogP contribution in [0.3, 0.4) is 0 Å². The summed E-state index contributed by atoms with van der Waals surface area (Å²) in [7, 11) is 0. The zero-order chi connectivity index (χ0) is 17.0. The number of ether oxygens (including phenoxy) is 1. The normalized spacial score (nSPS) is 42.9. The monoisotopic (exact) mass is 318 g/mol. The lowest BCUT2D eigenvalue weighted by Gasteiger charge is -2.59. The van der Waals surface area contributed by atoms with Crippen molar-refractivity contribution in [3.63, 3.8) is 0 Å². The molecule has 2 aliphatic carbocycles. The number of hydrogen-bond acceptors (Lipinski definition) is 3. The van der Waals surface area contributed by atoms with Gasteiger partial charge in [0.2, 0.25) is 0 Å². The minimum Gasteiger partial charge on any atom is -0.455 e. The van der Waals surface area contributed by atoms with Crippen LogP contribution in [-0.2, 0) is 9.53 Å². The number of esters is 1. The van der Waals surface area contributed by atoms with Crippen LogP contribution in [0.4, 0.5) is 0 Å². The molecule has 0 aromatic rings. The van der Waals surface area contributed by atoms with E-state index in [1.54, 1.807) is 6.08 Å². The number of hydrogen-bond donors (Lipinski definition) is 1. The molecular weight excluding hydrogens is 288 g/mol. The molecule has 0 bridgehead atoms. The maximum Gasteiger partial charge on any atom is 0.331 e. The van der Waals surface area contributed by atoms with Crippen LogP contribution in [0.2, 0.25) is 0 Å². The Morgan fingerprint density at radius 1 is 1.35 bits per heavy atom. The fourth-order valence-electron chi connectivity index (χ4n) is 5.60. The van der Waals surface area contributed by atoms with E-state index in [1.165, 1.54) is 5.57 Å². The zero-order valence-electron chi connectivity index (χ0n) is 14.9. The Hall–Kier alpha value is -1.09. The molecule has 0 aromatic heterocycles. The summed E-state index contributed by atoms with van der Waals surface area (Å²) in [4.78, 5) is 11.5. The molecule has 0 radical (unpaired) electrons. The molecule has 1 N–H and O–H groups in total. The van der Waals surface area contributed by atoms with E-state index in [9.17, 15) is 9.90 Å². The Morgan fingerprint density at radius 3 is 2.65 bits per heavy atom. The third kappa shape index (κ3) is 2.57. The molecule has 3 aliphatic rings. The summed E-state index contributed by atoms with van der Waals surface area (Å²) < 4.78 is 5.50. The summed E-state index contributed by atoms with van der Waals surface area (Å²) in [6.45, 7) is 13.1. The van der Waals surface area contributed by atoms with Gasteiger partial charge in [0, 0.05) is 6.08 Å². The lowest BCUT2D eigenvalue weighted by molar-refractivity contribution is -0.144. The molecular formula is C20H30O3. The van der Waals surface area contributed by atoms with Crippen LogP contribution in [0.15, 0.2) is 23.8 Å². The number of rotatable bonds is 2. The number of allylic oxidation sites excluding steroid dienone is 1. The molecule has 3 rings (SSSR count). The van der Waals surface area contributed by atoms with Crippen LogP contribution in [0, 0.1) is 22.7 Å². The number of cyclic esters (lactones) is 1. The van der Waals surface area contributed by atoms with Gasteiger partial charge in [-0.15, -0.1) is 0 Å². The Morgan fingerprint density at radius 2 is 2.04 bits per heavy atom. The van der Waals surface area contributed by atoms with Gasteiger partial charge in [0.15, 0.2) is 0 Å². The van der Waals surface area contributed by atoms with E-state index < -0.39 is 0 Å². The van der Waals surface area contributed by atoms with E-state index in [-0.39, 0.29) is 29.0 Å². The summed E-state index contributed by atoms with van der Waals surface area (Å²) in [5, 5.41) is 10.5. The van der Waals surface area contributed by atoms with Gasteiger partial charge < -0.3 is 9.84 Å². The van der Waals surface area contributed by atoms with Crippen molar-refractivity contribution in [1.82, 2.24) is 0 Å².